The van der Waals surface area contributed by atoms with Gasteiger partial charge in [-0.25, -0.2) is 17.9 Å². The van der Waals surface area contributed by atoms with Crippen LogP contribution in [0.5, 0.6) is 0 Å². The van der Waals surface area contributed by atoms with Gasteiger partial charge in [0.25, 0.3) is 0 Å². The van der Waals surface area contributed by atoms with Gasteiger partial charge in [-0.3, -0.25) is 10.2 Å². The van der Waals surface area contributed by atoms with Gasteiger partial charge in [0.05, 0.1) is 11.4 Å². The molecule has 0 spiro atoms. The number of benzene rings is 3. The number of nitrogens with one attached hydrogen (secondary N) is 3. The Balaban J connectivity index is 1.63. The van der Waals surface area contributed by atoms with E-state index in [0.717, 1.165) is 10.8 Å². The molecule has 0 aromatic heterocycles. The van der Waals surface area contributed by atoms with E-state index in [1.807, 2.05) is 12.1 Å². The van der Waals surface area contributed by atoms with Gasteiger partial charge < -0.3 is 16.2 Å². The second kappa shape index (κ2) is 9.58. The first-order chi connectivity index (χ1) is 15.2. The highest BCUT2D eigenvalue weighted by Crippen LogP contribution is 2.18. The molecule has 0 heterocycles. The molecule has 3 aromatic rings. The highest BCUT2D eigenvalue weighted by Gasteiger charge is 2.22. The highest BCUT2D eigenvalue weighted by atomic mass is 32.2. The van der Waals surface area contributed by atoms with Crippen LogP contribution in [0.25, 0.3) is 10.8 Å². The molecule has 6 N–H and O–H groups in total. The molecule has 3 rings (SSSR count). The first-order valence-corrected chi connectivity index (χ1v) is 11.1. The van der Waals surface area contributed by atoms with Gasteiger partial charge in [0.15, 0.2) is 0 Å². The Morgan fingerprint density at radius 3 is 2.28 bits per heavy atom. The molecular formula is C22H22N4O5S. The molecule has 1 atom stereocenters. The van der Waals surface area contributed by atoms with Crippen molar-refractivity contribution in [1.82, 2.24) is 10.0 Å². The molecule has 0 unspecified atom stereocenters. The van der Waals surface area contributed by atoms with Gasteiger partial charge in [0, 0.05) is 12.0 Å². The monoisotopic (exact) mass is 454 g/mol. The van der Waals surface area contributed by atoms with Crippen LogP contribution in [0.15, 0.2) is 71.6 Å². The van der Waals surface area contributed by atoms with Crippen LogP contribution in [-0.4, -0.2) is 43.8 Å². The number of carboxylic acid groups (broad SMARTS) is 1. The molecule has 0 saturated carbocycles. The van der Waals surface area contributed by atoms with Crippen molar-refractivity contribution in [3.05, 3.63) is 77.9 Å². The lowest BCUT2D eigenvalue weighted by atomic mass is 10.0. The quantitative estimate of drug-likeness (QED) is 0.241. The largest absolute Gasteiger partial charge is 0.480 e. The van der Waals surface area contributed by atoms with Crippen LogP contribution in [0.4, 0.5) is 0 Å². The SMILES string of the molecule is N=C(N)c1ccc(C[C@H](NC(=O)CNS(=O)(=O)c2ccc3ccccc3c2)C(=O)O)cc1. The number of amides is 1. The number of rotatable bonds is 9. The molecule has 3 aromatic carbocycles. The van der Waals surface area contributed by atoms with Gasteiger partial charge in [0.2, 0.25) is 15.9 Å². The Kier molecular flexibility index (Phi) is 6.86. The van der Waals surface area contributed by atoms with Gasteiger partial charge in [-0.05, 0) is 28.5 Å². The summed E-state index contributed by atoms with van der Waals surface area (Å²) in [5.41, 5.74) is 6.50. The van der Waals surface area contributed by atoms with Crippen molar-refractivity contribution in [2.75, 3.05) is 6.54 Å². The van der Waals surface area contributed by atoms with E-state index in [-0.39, 0.29) is 17.2 Å². The molecular weight excluding hydrogens is 432 g/mol. The zero-order chi connectivity index (χ0) is 23.3. The van der Waals surface area contributed by atoms with Gasteiger partial charge in [-0.2, -0.15) is 0 Å². The Morgan fingerprint density at radius 2 is 1.66 bits per heavy atom. The van der Waals surface area contributed by atoms with E-state index in [1.54, 1.807) is 42.5 Å². The first-order valence-electron chi connectivity index (χ1n) is 9.60. The standard InChI is InChI=1S/C22H22N4O5S/c23-21(24)16-7-5-14(6-8-16)11-19(22(28)29)26-20(27)13-25-32(30,31)18-10-9-15-3-1-2-4-17(15)12-18/h1-10,12,19,25H,11,13H2,(H3,23,24)(H,26,27)(H,28,29)/t19-/m0/s1. The topological polar surface area (TPSA) is 162 Å². The molecule has 0 bridgehead atoms. The summed E-state index contributed by atoms with van der Waals surface area (Å²) >= 11 is 0. The Morgan fingerprint density at radius 1 is 1.00 bits per heavy atom. The minimum absolute atomic E-state index is 0.00402. The zero-order valence-electron chi connectivity index (χ0n) is 16.9. The molecule has 0 aliphatic heterocycles. The number of nitrogen functional groups attached to an aromatic ring is 1. The minimum atomic E-state index is -3.96. The maximum atomic E-state index is 12.5. The third kappa shape index (κ3) is 5.68. The molecule has 0 fully saturated rings. The molecule has 0 radical (unpaired) electrons. The highest BCUT2D eigenvalue weighted by molar-refractivity contribution is 7.89. The summed E-state index contributed by atoms with van der Waals surface area (Å²) in [5, 5.41) is 20.7. The second-order valence-electron chi connectivity index (χ2n) is 7.11. The van der Waals surface area contributed by atoms with Gasteiger partial charge in [-0.1, -0.05) is 54.6 Å². The lowest BCUT2D eigenvalue weighted by molar-refractivity contribution is -0.141. The Labute approximate surface area is 184 Å². The summed E-state index contributed by atoms with van der Waals surface area (Å²) in [6.45, 7) is -0.609. The number of sulfonamides is 1. The maximum Gasteiger partial charge on any atom is 0.326 e. The number of aliphatic carboxylic acids is 1. The van der Waals surface area contributed by atoms with Crippen LogP contribution < -0.4 is 15.8 Å². The first kappa shape index (κ1) is 22.9. The smallest absolute Gasteiger partial charge is 0.326 e. The number of carboxylic acids is 1. The van der Waals surface area contributed by atoms with Gasteiger partial charge >= 0.3 is 5.97 Å². The van der Waals surface area contributed by atoms with Gasteiger partial charge in [-0.15, -0.1) is 0 Å². The van der Waals surface area contributed by atoms with Crippen molar-refractivity contribution < 1.29 is 23.1 Å². The Hall–Kier alpha value is -3.76. The third-order valence-electron chi connectivity index (χ3n) is 4.79. The van der Waals surface area contributed by atoms with E-state index in [2.05, 4.69) is 10.0 Å². The predicted molar refractivity (Wildman–Crippen MR) is 120 cm³/mol. The molecule has 32 heavy (non-hydrogen) atoms. The van der Waals surface area contributed by atoms with Crippen LogP contribution in [0, 0.1) is 5.41 Å². The predicted octanol–water partition coefficient (Wildman–Crippen LogP) is 1.21. The molecule has 166 valence electrons. The summed E-state index contributed by atoms with van der Waals surface area (Å²) in [4.78, 5) is 23.8. The van der Waals surface area contributed by atoms with Crippen LogP contribution in [0.3, 0.4) is 0 Å². The molecule has 0 aliphatic rings. The third-order valence-corrected chi connectivity index (χ3v) is 6.19. The molecule has 0 aliphatic carbocycles. The number of carbonyl (C=O) groups is 2. The molecule has 0 saturated heterocycles. The number of hydrogen-bond acceptors (Lipinski definition) is 5. The fourth-order valence-corrected chi connectivity index (χ4v) is 4.10. The fourth-order valence-electron chi connectivity index (χ4n) is 3.08. The van der Waals surface area contributed by atoms with Gasteiger partial charge in [0.1, 0.15) is 11.9 Å². The van der Waals surface area contributed by atoms with Crippen LogP contribution in [0.1, 0.15) is 11.1 Å². The molecule has 9 nitrogen and oxygen atoms in total. The normalized spacial score (nSPS) is 12.2. The van der Waals surface area contributed by atoms with E-state index >= 15 is 0 Å². The van der Waals surface area contributed by atoms with E-state index in [9.17, 15) is 23.1 Å². The average molecular weight is 455 g/mol. The summed E-state index contributed by atoms with van der Waals surface area (Å²) in [5.74, 6) is -2.15. The molecule has 10 heteroatoms. The van der Waals surface area contributed by atoms with Crippen molar-refractivity contribution in [2.45, 2.75) is 17.4 Å². The van der Waals surface area contributed by atoms with E-state index in [4.69, 9.17) is 11.1 Å². The lowest BCUT2D eigenvalue weighted by Gasteiger charge is -2.15. The van der Waals surface area contributed by atoms with Crippen LogP contribution in [-0.2, 0) is 26.0 Å². The van der Waals surface area contributed by atoms with Crippen molar-refractivity contribution >= 4 is 38.5 Å². The average Bonchev–Trinajstić information content (AvgIpc) is 2.77. The summed E-state index contributed by atoms with van der Waals surface area (Å²) in [6, 6.07) is 17.0. The van der Waals surface area contributed by atoms with E-state index < -0.39 is 34.5 Å². The number of nitrogens with two attached hydrogens (primary N) is 1. The summed E-state index contributed by atoms with van der Waals surface area (Å²) in [6.07, 6.45) is -0.0172. The van der Waals surface area contributed by atoms with E-state index in [0.29, 0.717) is 11.1 Å². The molecule has 1 amide bonds. The van der Waals surface area contributed by atoms with E-state index in [1.165, 1.54) is 12.1 Å². The second-order valence-corrected chi connectivity index (χ2v) is 8.87. The fraction of sp³-hybridized carbons (Fsp3) is 0.136. The van der Waals surface area contributed by atoms with Crippen molar-refractivity contribution in [1.29, 1.82) is 5.41 Å². The Bertz CT molecular complexity index is 1270. The van der Waals surface area contributed by atoms with Crippen molar-refractivity contribution in [3.8, 4) is 0 Å². The lowest BCUT2D eigenvalue weighted by Crippen LogP contribution is -2.46. The summed E-state index contributed by atoms with van der Waals surface area (Å²) < 4.78 is 27.3. The van der Waals surface area contributed by atoms with Crippen molar-refractivity contribution in [3.63, 3.8) is 0 Å². The van der Waals surface area contributed by atoms with Crippen LogP contribution in [0.2, 0.25) is 0 Å². The maximum absolute atomic E-state index is 12.5. The van der Waals surface area contributed by atoms with Crippen LogP contribution >= 0.6 is 0 Å². The summed E-state index contributed by atoms with van der Waals surface area (Å²) in [7, 11) is -3.96. The van der Waals surface area contributed by atoms with Crippen molar-refractivity contribution in [2.24, 2.45) is 5.73 Å². The minimum Gasteiger partial charge on any atom is -0.480 e. The zero-order valence-corrected chi connectivity index (χ0v) is 17.7. The number of hydrogen-bond donors (Lipinski definition) is 5. The number of amidine groups is 1. The number of carbonyl (C=O) groups excluding carboxylic acids is 1. The number of fused-ring (bicyclic) bond motifs is 1.